The third-order valence-corrected chi connectivity index (χ3v) is 7.57. The molecule has 0 aliphatic carbocycles. The fourth-order valence-corrected chi connectivity index (χ4v) is 5.47. The SMILES string of the molecule is [2H]c1cc(-c2c([2H])c([2H])c([2H])c([2H])c2[2H])c2c(oc3c([2H])c(-n4c5c([2H])c([2H])c([2H])c([2H])c5c5c([2H])c(-c6nc(-c7c([2H])c([2H])c([2H])c([2H])c7[2H])nc(-c7c([2H])c([2H])c([2H])c([2H])c7[2H])n6)c([2H])c([2H])c54)c([2H])c([2H])c32)c1[2H]. The number of rotatable bonds is 5. The molecule has 3 heterocycles. The Bertz CT molecular complexity index is 4260. The maximum Gasteiger partial charge on any atom is 0.164 e. The number of hydrogen-bond acceptors (Lipinski definition) is 4. The van der Waals surface area contributed by atoms with Crippen LogP contribution in [0.3, 0.4) is 0 Å². The minimum Gasteiger partial charge on any atom is -0.456 e. The van der Waals surface area contributed by atoms with E-state index in [9.17, 15) is 11.0 Å². The summed E-state index contributed by atoms with van der Waals surface area (Å²) in [5, 5.41) is -1.89. The van der Waals surface area contributed by atoms with E-state index in [1.807, 2.05) is 0 Å². The summed E-state index contributed by atoms with van der Waals surface area (Å²) >= 11 is 0. The van der Waals surface area contributed by atoms with Crippen molar-refractivity contribution in [3.8, 4) is 51.0 Å². The van der Waals surface area contributed by atoms with Gasteiger partial charge in [-0.3, -0.25) is 0 Å². The molecule has 0 saturated heterocycles. The molecule has 0 N–H and O–H groups in total. The standard InChI is InChI=1S/C45H28N4O/c1-4-13-29(14-5-1)34-20-12-22-40-42(34)36-25-24-33(28-41(36)50-40)49-38-21-11-10-19-35(38)37-27-32(23-26-39(37)49)45-47-43(30-15-6-2-7-16-30)46-44(48-45)31-17-8-3-9-18-31/h1-28H/i1D,2D,3D,4D,5D,6D,7D,8D,9D,10D,11D,12D,13D,14D,15D,16D,17D,18D,19D,21D,22D,23D,24D,25D,26D,27D,28D. The van der Waals surface area contributed by atoms with Crippen molar-refractivity contribution in [2.24, 2.45) is 0 Å². The Hall–Kier alpha value is -6.85. The van der Waals surface area contributed by atoms with Gasteiger partial charge in [-0.2, -0.15) is 0 Å². The van der Waals surface area contributed by atoms with Crippen molar-refractivity contribution in [2.75, 3.05) is 0 Å². The summed E-state index contributed by atoms with van der Waals surface area (Å²) in [7, 11) is 0. The summed E-state index contributed by atoms with van der Waals surface area (Å²) in [4.78, 5) is 12.8. The van der Waals surface area contributed by atoms with E-state index in [4.69, 9.17) is 30.5 Å². The van der Waals surface area contributed by atoms with Gasteiger partial charge in [0, 0.05) is 50.0 Å². The van der Waals surface area contributed by atoms with Crippen LogP contribution in [0.2, 0.25) is 0 Å². The Morgan fingerprint density at radius 1 is 0.440 bits per heavy atom. The third-order valence-electron chi connectivity index (χ3n) is 7.57. The number of para-hydroxylation sites is 1. The van der Waals surface area contributed by atoms with Crippen LogP contribution in [0.15, 0.2) is 174 Å². The minimum atomic E-state index is -1.01. The zero-order chi connectivity index (χ0) is 56.5. The van der Waals surface area contributed by atoms with Gasteiger partial charge in [-0.25, -0.2) is 15.0 Å². The van der Waals surface area contributed by atoms with Crippen molar-refractivity contribution < 1.29 is 41.4 Å². The molecular weight excluding hydrogens is 613 g/mol. The van der Waals surface area contributed by atoms with Crippen LogP contribution in [0.25, 0.3) is 94.7 Å². The zero-order valence-electron chi connectivity index (χ0n) is 51.8. The molecule has 0 spiro atoms. The molecule has 7 aromatic carbocycles. The maximum absolute atomic E-state index is 9.81. The fraction of sp³-hybridized carbons (Fsp3) is 0. The molecule has 0 saturated carbocycles. The molecule has 0 atom stereocenters. The van der Waals surface area contributed by atoms with Crippen LogP contribution in [0, 0.1) is 0 Å². The highest BCUT2D eigenvalue weighted by molar-refractivity contribution is 6.14. The molecule has 5 nitrogen and oxygen atoms in total. The number of furan rings is 1. The second kappa shape index (κ2) is 11.4. The first-order valence-corrected chi connectivity index (χ1v) is 14.5. The van der Waals surface area contributed by atoms with Crippen LogP contribution in [-0.2, 0) is 0 Å². The Balaban J connectivity index is 1.36. The smallest absolute Gasteiger partial charge is 0.164 e. The van der Waals surface area contributed by atoms with Gasteiger partial charge in [-0.15, -0.1) is 0 Å². The van der Waals surface area contributed by atoms with Gasteiger partial charge in [-0.05, 0) is 53.4 Å². The summed E-state index contributed by atoms with van der Waals surface area (Å²) in [6.45, 7) is 0. The predicted molar refractivity (Wildman–Crippen MR) is 203 cm³/mol. The number of nitrogens with zero attached hydrogens (tertiary/aromatic N) is 4. The monoisotopic (exact) mass is 667 g/mol. The molecule has 50 heavy (non-hydrogen) atoms. The van der Waals surface area contributed by atoms with Crippen LogP contribution >= 0.6 is 0 Å². The first-order valence-electron chi connectivity index (χ1n) is 28.0. The largest absolute Gasteiger partial charge is 0.456 e. The highest BCUT2D eigenvalue weighted by Gasteiger charge is 2.18. The van der Waals surface area contributed by atoms with E-state index in [1.54, 1.807) is 0 Å². The molecule has 5 heteroatoms. The van der Waals surface area contributed by atoms with E-state index < -0.39 is 247 Å². The van der Waals surface area contributed by atoms with Gasteiger partial charge < -0.3 is 8.98 Å². The quantitative estimate of drug-likeness (QED) is 0.183. The molecule has 10 rings (SSSR count). The Morgan fingerprint density at radius 3 is 1.74 bits per heavy atom. The van der Waals surface area contributed by atoms with Gasteiger partial charge in [0.1, 0.15) is 11.2 Å². The van der Waals surface area contributed by atoms with Gasteiger partial charge in [-0.1, -0.05) is 121 Å². The number of hydrogen-bond donors (Lipinski definition) is 0. The summed E-state index contributed by atoms with van der Waals surface area (Å²) in [5.74, 6) is -2.44. The minimum absolute atomic E-state index is 0.302. The number of aromatic nitrogens is 4. The highest BCUT2D eigenvalue weighted by Crippen LogP contribution is 2.39. The Morgan fingerprint density at radius 2 is 1.04 bits per heavy atom. The zero-order valence-corrected chi connectivity index (χ0v) is 24.8. The first-order chi connectivity index (χ1) is 36.0. The van der Waals surface area contributed by atoms with Crippen LogP contribution in [-0.4, -0.2) is 19.5 Å². The summed E-state index contributed by atoms with van der Waals surface area (Å²) < 4.78 is 244. The van der Waals surface area contributed by atoms with Crippen molar-refractivity contribution >= 4 is 43.7 Å². The molecular formula is C45H28N4O. The molecule has 10 aromatic rings. The van der Waals surface area contributed by atoms with Gasteiger partial charge in [0.05, 0.1) is 48.0 Å². The average Bonchev–Trinajstić information content (AvgIpc) is 4.17. The van der Waals surface area contributed by atoms with Crippen molar-refractivity contribution in [3.05, 3.63) is 169 Å². The fourth-order valence-electron chi connectivity index (χ4n) is 5.47. The number of fused-ring (bicyclic) bond motifs is 6. The second-order valence-electron chi connectivity index (χ2n) is 10.4. The van der Waals surface area contributed by atoms with Gasteiger partial charge in [0.15, 0.2) is 17.5 Å². The van der Waals surface area contributed by atoms with E-state index in [-0.39, 0.29) is 10.9 Å². The highest BCUT2D eigenvalue weighted by atomic mass is 16.3. The lowest BCUT2D eigenvalue weighted by Crippen LogP contribution is -2.00. The lowest BCUT2D eigenvalue weighted by molar-refractivity contribution is 0.668. The summed E-state index contributed by atoms with van der Waals surface area (Å²) in [5.41, 5.74) is -6.13. The third kappa shape index (κ3) is 4.60. The molecule has 0 unspecified atom stereocenters. The second-order valence-corrected chi connectivity index (χ2v) is 10.4. The van der Waals surface area contributed by atoms with E-state index in [1.165, 1.54) is 0 Å². The molecule has 234 valence electrons. The first kappa shape index (κ1) is 12.2. The summed E-state index contributed by atoms with van der Waals surface area (Å²) in [6, 6.07) is -21.8. The van der Waals surface area contributed by atoms with E-state index in [2.05, 4.69) is 15.0 Å². The molecule has 0 amide bonds. The van der Waals surface area contributed by atoms with Gasteiger partial charge in [0.2, 0.25) is 0 Å². The molecule has 0 bridgehead atoms. The topological polar surface area (TPSA) is 56.7 Å². The molecule has 0 aliphatic rings. The molecule has 3 aromatic heterocycles. The van der Waals surface area contributed by atoms with Crippen LogP contribution in [0.1, 0.15) is 37.0 Å². The predicted octanol–water partition coefficient (Wildman–Crippen LogP) is 11.5. The van der Waals surface area contributed by atoms with Crippen LogP contribution < -0.4 is 0 Å². The summed E-state index contributed by atoms with van der Waals surface area (Å²) in [6.07, 6.45) is 0. The van der Waals surface area contributed by atoms with Crippen molar-refractivity contribution in [1.29, 1.82) is 0 Å². The van der Waals surface area contributed by atoms with E-state index in [0.717, 1.165) is 10.6 Å². The maximum atomic E-state index is 9.81. The van der Waals surface area contributed by atoms with Crippen molar-refractivity contribution in [3.63, 3.8) is 0 Å². The molecule has 0 aliphatic heterocycles. The lowest BCUT2D eigenvalue weighted by atomic mass is 9.99. The Kier molecular flexibility index (Phi) is 2.79. The average molecular weight is 668 g/mol. The number of benzene rings is 7. The van der Waals surface area contributed by atoms with Crippen molar-refractivity contribution in [1.82, 2.24) is 19.5 Å². The van der Waals surface area contributed by atoms with Gasteiger partial charge >= 0.3 is 0 Å². The van der Waals surface area contributed by atoms with Crippen molar-refractivity contribution in [2.45, 2.75) is 0 Å². The molecule has 0 radical (unpaired) electrons. The van der Waals surface area contributed by atoms with E-state index >= 15 is 0 Å². The lowest BCUT2D eigenvalue weighted by Gasteiger charge is -2.10. The van der Waals surface area contributed by atoms with E-state index in [0.29, 0.717) is 0 Å². The van der Waals surface area contributed by atoms with Crippen LogP contribution in [0.5, 0.6) is 0 Å². The normalized spacial score (nSPS) is 19.2. The van der Waals surface area contributed by atoms with Crippen LogP contribution in [0.4, 0.5) is 0 Å². The molecule has 0 fully saturated rings. The Labute approximate surface area is 325 Å². The van der Waals surface area contributed by atoms with Gasteiger partial charge in [0.25, 0.3) is 0 Å².